The van der Waals surface area contributed by atoms with Gasteiger partial charge < -0.3 is 4.90 Å². The number of fused-ring (bicyclic) bond motifs is 1. The summed E-state index contributed by atoms with van der Waals surface area (Å²) in [5.74, 6) is 1.28. The van der Waals surface area contributed by atoms with Crippen LogP contribution in [0.15, 0.2) is 22.6 Å². The molecule has 0 bridgehead atoms. The van der Waals surface area contributed by atoms with Crippen LogP contribution in [0.5, 0.6) is 0 Å². The van der Waals surface area contributed by atoms with Gasteiger partial charge in [0.15, 0.2) is 0 Å². The molecule has 2 aliphatic rings. The number of nitrogens with one attached hydrogen (secondary N) is 1. The summed E-state index contributed by atoms with van der Waals surface area (Å²) in [6.45, 7) is 1.26. The van der Waals surface area contributed by atoms with E-state index in [4.69, 9.17) is 0 Å². The molecule has 1 aliphatic heterocycles. The molecule has 130 valence electrons. The predicted octanol–water partition coefficient (Wildman–Crippen LogP) is 1.64. The van der Waals surface area contributed by atoms with Crippen molar-refractivity contribution in [3.05, 3.63) is 39.6 Å². The van der Waals surface area contributed by atoms with Crippen LogP contribution < -0.4 is 5.69 Å². The van der Waals surface area contributed by atoms with Gasteiger partial charge in [0.2, 0.25) is 0 Å². The van der Waals surface area contributed by atoms with E-state index in [2.05, 4.69) is 15.2 Å². The van der Waals surface area contributed by atoms with Crippen LogP contribution in [0.1, 0.15) is 53.8 Å². The Morgan fingerprint density at radius 2 is 2.04 bits per heavy atom. The first kappa shape index (κ1) is 14.9. The van der Waals surface area contributed by atoms with E-state index < -0.39 is 0 Å². The lowest BCUT2D eigenvalue weighted by atomic mass is 10.0. The van der Waals surface area contributed by atoms with Crippen molar-refractivity contribution in [3.8, 4) is 0 Å². The van der Waals surface area contributed by atoms with Gasteiger partial charge in [-0.05, 0) is 25.7 Å². The number of hydrogen-bond donors (Lipinski definition) is 1. The van der Waals surface area contributed by atoms with Gasteiger partial charge in [-0.3, -0.25) is 9.78 Å². The first-order valence-electron chi connectivity index (χ1n) is 8.59. The van der Waals surface area contributed by atoms with E-state index in [9.17, 15) is 9.59 Å². The van der Waals surface area contributed by atoms with Gasteiger partial charge in [-0.2, -0.15) is 10.2 Å². The van der Waals surface area contributed by atoms with Crippen LogP contribution in [0.25, 0.3) is 4.83 Å². The molecule has 1 saturated heterocycles. The molecule has 8 nitrogen and oxygen atoms in total. The summed E-state index contributed by atoms with van der Waals surface area (Å²) in [6, 6.07) is 0.0641. The van der Waals surface area contributed by atoms with Crippen molar-refractivity contribution in [3.63, 3.8) is 0 Å². The summed E-state index contributed by atoms with van der Waals surface area (Å²) in [5, 5.41) is 10.6. The number of carbonyl (C=O) groups is 1. The van der Waals surface area contributed by atoms with Gasteiger partial charge in [-0.25, -0.2) is 14.0 Å². The maximum absolute atomic E-state index is 12.8. The molecule has 9 heteroatoms. The third kappa shape index (κ3) is 2.50. The first-order valence-corrected chi connectivity index (χ1v) is 9.47. The molecule has 5 rings (SSSR count). The molecular formula is C16H18N6O2S. The monoisotopic (exact) mass is 358 g/mol. The first-order chi connectivity index (χ1) is 12.2. The largest absolute Gasteiger partial charge is 0.343 e. The summed E-state index contributed by atoms with van der Waals surface area (Å²) in [6.07, 6.45) is 7.21. The zero-order valence-electron chi connectivity index (χ0n) is 13.6. The van der Waals surface area contributed by atoms with E-state index in [0.717, 1.165) is 36.3 Å². The van der Waals surface area contributed by atoms with Crippen LogP contribution in [0, 0.1) is 0 Å². The zero-order chi connectivity index (χ0) is 17.0. The summed E-state index contributed by atoms with van der Waals surface area (Å²) in [4.78, 5) is 30.5. The molecule has 1 saturated carbocycles. The normalized spacial score (nSPS) is 19.0. The standard InChI is InChI=1S/C16H18N6O2S/c23-14(12-9-17-21-7-8-25-15(12)21)20-5-3-11(4-6-20)22-16(24)18-13(19-22)10-1-2-10/h7-11H,1-6H2,(H,18,19,24). The Kier molecular flexibility index (Phi) is 3.30. The Morgan fingerprint density at radius 3 is 2.80 bits per heavy atom. The lowest BCUT2D eigenvalue weighted by Crippen LogP contribution is -2.40. The highest BCUT2D eigenvalue weighted by Gasteiger charge is 2.31. The quantitative estimate of drug-likeness (QED) is 0.771. The summed E-state index contributed by atoms with van der Waals surface area (Å²) in [5.41, 5.74) is 0.532. The molecule has 0 unspecified atom stereocenters. The second-order valence-corrected chi connectivity index (χ2v) is 7.66. The summed E-state index contributed by atoms with van der Waals surface area (Å²) < 4.78 is 3.32. The third-order valence-corrected chi connectivity index (χ3v) is 5.97. The van der Waals surface area contributed by atoms with Gasteiger partial charge in [-0.15, -0.1) is 11.3 Å². The van der Waals surface area contributed by atoms with E-state index in [1.54, 1.807) is 15.4 Å². The predicted molar refractivity (Wildman–Crippen MR) is 92.1 cm³/mol. The van der Waals surface area contributed by atoms with Crippen molar-refractivity contribution >= 4 is 22.1 Å². The second kappa shape index (κ2) is 5.55. The minimum Gasteiger partial charge on any atom is -0.338 e. The van der Waals surface area contributed by atoms with Gasteiger partial charge in [0, 0.05) is 30.6 Å². The molecule has 1 aliphatic carbocycles. The molecule has 0 radical (unpaired) electrons. The minimum atomic E-state index is -0.122. The lowest BCUT2D eigenvalue weighted by molar-refractivity contribution is 0.0690. The van der Waals surface area contributed by atoms with Crippen molar-refractivity contribution in [2.45, 2.75) is 37.6 Å². The molecule has 0 aromatic carbocycles. The van der Waals surface area contributed by atoms with Crippen LogP contribution in [-0.2, 0) is 0 Å². The average molecular weight is 358 g/mol. The van der Waals surface area contributed by atoms with Crippen molar-refractivity contribution in [2.24, 2.45) is 0 Å². The number of nitrogens with zero attached hydrogens (tertiary/aromatic N) is 5. The Hall–Kier alpha value is -2.42. The van der Waals surface area contributed by atoms with E-state index in [0.29, 0.717) is 24.6 Å². The number of hydrogen-bond acceptors (Lipinski definition) is 5. The molecule has 1 amide bonds. The van der Waals surface area contributed by atoms with Gasteiger partial charge in [-0.1, -0.05) is 0 Å². The van der Waals surface area contributed by atoms with Crippen LogP contribution in [-0.4, -0.2) is 48.3 Å². The maximum atomic E-state index is 12.8. The lowest BCUT2D eigenvalue weighted by Gasteiger charge is -2.31. The molecule has 1 N–H and O–H groups in total. The SMILES string of the molecule is O=C(c1cnn2ccsc12)N1CCC(n2nc(C3CC3)[nH]c2=O)CC1. The fourth-order valence-corrected chi connectivity index (χ4v) is 4.29. The molecule has 0 atom stereocenters. The molecule has 2 fully saturated rings. The molecule has 3 aromatic rings. The minimum absolute atomic E-state index is 0.0175. The Bertz CT molecular complexity index is 986. The number of amides is 1. The van der Waals surface area contributed by atoms with Gasteiger partial charge in [0.25, 0.3) is 5.91 Å². The Labute approximate surface area is 147 Å². The van der Waals surface area contributed by atoms with E-state index in [1.165, 1.54) is 11.3 Å². The van der Waals surface area contributed by atoms with Crippen LogP contribution in [0.4, 0.5) is 0 Å². The van der Waals surface area contributed by atoms with E-state index >= 15 is 0 Å². The van der Waals surface area contributed by atoms with Crippen molar-refractivity contribution in [1.82, 2.24) is 29.3 Å². The number of carbonyl (C=O) groups excluding carboxylic acids is 1. The van der Waals surface area contributed by atoms with Crippen molar-refractivity contribution < 1.29 is 4.79 Å². The topological polar surface area (TPSA) is 88.3 Å². The number of likely N-dealkylation sites (tertiary alicyclic amines) is 1. The maximum Gasteiger partial charge on any atom is 0.343 e. The molecule has 4 heterocycles. The number of rotatable bonds is 3. The van der Waals surface area contributed by atoms with E-state index in [-0.39, 0.29) is 17.6 Å². The Morgan fingerprint density at radius 1 is 1.24 bits per heavy atom. The van der Waals surface area contributed by atoms with Gasteiger partial charge in [0.1, 0.15) is 10.7 Å². The number of aromatic amines is 1. The Balaban J connectivity index is 1.30. The highest BCUT2D eigenvalue weighted by Crippen LogP contribution is 2.37. The fourth-order valence-electron chi connectivity index (χ4n) is 3.50. The summed E-state index contributed by atoms with van der Waals surface area (Å²) >= 11 is 1.52. The number of thiazole rings is 1. The second-order valence-electron chi connectivity index (χ2n) is 6.77. The summed E-state index contributed by atoms with van der Waals surface area (Å²) in [7, 11) is 0. The number of H-pyrrole nitrogens is 1. The fraction of sp³-hybridized carbons (Fsp3) is 0.500. The average Bonchev–Trinajstić information content (AvgIpc) is 3.05. The number of aromatic nitrogens is 5. The van der Waals surface area contributed by atoms with Crippen molar-refractivity contribution in [2.75, 3.05) is 13.1 Å². The van der Waals surface area contributed by atoms with Crippen LogP contribution in [0.2, 0.25) is 0 Å². The third-order valence-electron chi connectivity index (χ3n) is 5.08. The zero-order valence-corrected chi connectivity index (χ0v) is 14.4. The molecule has 0 spiro atoms. The van der Waals surface area contributed by atoms with Crippen LogP contribution in [0.3, 0.4) is 0 Å². The smallest absolute Gasteiger partial charge is 0.338 e. The molecule has 3 aromatic heterocycles. The number of piperidine rings is 1. The van der Waals surface area contributed by atoms with Crippen molar-refractivity contribution in [1.29, 1.82) is 0 Å². The van der Waals surface area contributed by atoms with Crippen LogP contribution >= 0.6 is 11.3 Å². The molecule has 25 heavy (non-hydrogen) atoms. The molecular weight excluding hydrogens is 340 g/mol. The highest BCUT2D eigenvalue weighted by atomic mass is 32.1. The van der Waals surface area contributed by atoms with E-state index in [1.807, 2.05) is 16.5 Å². The van der Waals surface area contributed by atoms with Gasteiger partial charge >= 0.3 is 5.69 Å². The van der Waals surface area contributed by atoms with Gasteiger partial charge in [0.05, 0.1) is 17.8 Å². The highest BCUT2D eigenvalue weighted by molar-refractivity contribution is 7.15.